The van der Waals surface area contributed by atoms with Gasteiger partial charge in [-0.05, 0) is 24.6 Å². The summed E-state index contributed by atoms with van der Waals surface area (Å²) in [7, 11) is -3.26. The van der Waals surface area contributed by atoms with Crippen LogP contribution in [0.3, 0.4) is 0 Å². The van der Waals surface area contributed by atoms with Crippen LogP contribution in [-0.2, 0) is 10.0 Å². The van der Waals surface area contributed by atoms with Crippen molar-refractivity contribution >= 4 is 33.0 Å². The van der Waals surface area contributed by atoms with Gasteiger partial charge in [-0.15, -0.1) is 0 Å². The Labute approximate surface area is 114 Å². The van der Waals surface area contributed by atoms with E-state index in [9.17, 15) is 8.42 Å². The third-order valence-corrected chi connectivity index (χ3v) is 3.30. The molecule has 0 unspecified atom stereocenters. The van der Waals surface area contributed by atoms with Crippen LogP contribution in [-0.4, -0.2) is 21.2 Å². The highest BCUT2D eigenvalue weighted by Gasteiger charge is 2.05. The number of hydrogen-bond acceptors (Lipinski definition) is 3. The van der Waals surface area contributed by atoms with E-state index >= 15 is 0 Å². The van der Waals surface area contributed by atoms with E-state index in [2.05, 4.69) is 17.0 Å². The number of nitrogens with one attached hydrogen (secondary N) is 2. The zero-order chi connectivity index (χ0) is 13.6. The highest BCUT2D eigenvalue weighted by molar-refractivity contribution is 7.92. The smallest absolute Gasteiger partial charge is 0.229 e. The Hall–Kier alpha value is -0.940. The van der Waals surface area contributed by atoms with E-state index in [4.69, 9.17) is 11.6 Å². The lowest BCUT2D eigenvalue weighted by molar-refractivity contribution is 0.607. The number of unbranched alkanes of at least 4 members (excludes halogenated alkanes) is 2. The van der Waals surface area contributed by atoms with Crippen molar-refractivity contribution in [2.24, 2.45) is 0 Å². The number of rotatable bonds is 7. The maximum absolute atomic E-state index is 11.1. The Bertz CT molecular complexity index is 489. The molecule has 102 valence electrons. The zero-order valence-electron chi connectivity index (χ0n) is 10.7. The van der Waals surface area contributed by atoms with Gasteiger partial charge in [-0.2, -0.15) is 0 Å². The van der Waals surface area contributed by atoms with Gasteiger partial charge < -0.3 is 5.32 Å². The summed E-state index contributed by atoms with van der Waals surface area (Å²) < 4.78 is 24.7. The number of hydrogen-bond donors (Lipinski definition) is 2. The molecule has 0 aliphatic carbocycles. The maximum atomic E-state index is 11.1. The molecule has 1 aromatic rings. The van der Waals surface area contributed by atoms with E-state index in [0.717, 1.165) is 37.8 Å². The first-order valence-corrected chi connectivity index (χ1v) is 8.20. The highest BCUT2D eigenvalue weighted by atomic mass is 35.5. The molecule has 0 fully saturated rings. The first-order valence-electron chi connectivity index (χ1n) is 5.93. The van der Waals surface area contributed by atoms with Crippen molar-refractivity contribution in [1.29, 1.82) is 0 Å². The number of anilines is 2. The lowest BCUT2D eigenvalue weighted by atomic mass is 10.2. The van der Waals surface area contributed by atoms with Gasteiger partial charge in [0.25, 0.3) is 0 Å². The first-order chi connectivity index (χ1) is 8.42. The fourth-order valence-electron chi connectivity index (χ4n) is 1.54. The van der Waals surface area contributed by atoms with Crippen molar-refractivity contribution in [2.45, 2.75) is 26.2 Å². The van der Waals surface area contributed by atoms with Crippen LogP contribution in [0.1, 0.15) is 26.2 Å². The first kappa shape index (κ1) is 15.1. The SMILES string of the molecule is CCCCCNc1cc(NS(C)(=O)=O)ccc1Cl. The van der Waals surface area contributed by atoms with Gasteiger partial charge in [-0.1, -0.05) is 31.4 Å². The summed E-state index contributed by atoms with van der Waals surface area (Å²) in [5.74, 6) is 0. The summed E-state index contributed by atoms with van der Waals surface area (Å²) in [6.45, 7) is 2.97. The van der Waals surface area contributed by atoms with Crippen LogP contribution in [0.15, 0.2) is 18.2 Å². The molecular formula is C12H19ClN2O2S. The molecule has 6 heteroatoms. The van der Waals surface area contributed by atoms with E-state index in [1.54, 1.807) is 18.2 Å². The monoisotopic (exact) mass is 290 g/mol. The molecule has 0 saturated heterocycles. The van der Waals surface area contributed by atoms with Gasteiger partial charge in [0.05, 0.1) is 22.7 Å². The summed E-state index contributed by atoms with van der Waals surface area (Å²) in [5.41, 5.74) is 1.27. The van der Waals surface area contributed by atoms with E-state index in [-0.39, 0.29) is 0 Å². The van der Waals surface area contributed by atoms with Gasteiger partial charge in [0.15, 0.2) is 0 Å². The van der Waals surface area contributed by atoms with Crippen LogP contribution in [0, 0.1) is 0 Å². The fraction of sp³-hybridized carbons (Fsp3) is 0.500. The Morgan fingerprint density at radius 3 is 2.61 bits per heavy atom. The normalized spacial score (nSPS) is 11.3. The molecule has 4 nitrogen and oxygen atoms in total. The predicted molar refractivity (Wildman–Crippen MR) is 77.9 cm³/mol. The lowest BCUT2D eigenvalue weighted by Crippen LogP contribution is -2.10. The molecule has 2 N–H and O–H groups in total. The molecule has 0 amide bonds. The average Bonchev–Trinajstić information content (AvgIpc) is 2.26. The van der Waals surface area contributed by atoms with Gasteiger partial charge in [0.2, 0.25) is 10.0 Å². The predicted octanol–water partition coefficient (Wildman–Crippen LogP) is 3.31. The second-order valence-corrected chi connectivity index (χ2v) is 6.36. The van der Waals surface area contributed by atoms with Gasteiger partial charge >= 0.3 is 0 Å². The van der Waals surface area contributed by atoms with Crippen molar-refractivity contribution in [1.82, 2.24) is 0 Å². The minimum absolute atomic E-state index is 0.514. The maximum Gasteiger partial charge on any atom is 0.229 e. The highest BCUT2D eigenvalue weighted by Crippen LogP contribution is 2.26. The summed E-state index contributed by atoms with van der Waals surface area (Å²) >= 11 is 6.04. The molecular weight excluding hydrogens is 272 g/mol. The molecule has 0 aromatic heterocycles. The van der Waals surface area contributed by atoms with Gasteiger partial charge in [0, 0.05) is 6.54 Å². The molecule has 0 aliphatic rings. The third-order valence-electron chi connectivity index (χ3n) is 2.37. The van der Waals surface area contributed by atoms with Crippen LogP contribution in [0.25, 0.3) is 0 Å². The lowest BCUT2D eigenvalue weighted by Gasteiger charge is -2.11. The molecule has 1 rings (SSSR count). The zero-order valence-corrected chi connectivity index (χ0v) is 12.2. The molecule has 18 heavy (non-hydrogen) atoms. The van der Waals surface area contributed by atoms with E-state index in [1.165, 1.54) is 0 Å². The Balaban J connectivity index is 2.69. The molecule has 0 spiro atoms. The molecule has 1 aromatic carbocycles. The van der Waals surface area contributed by atoms with E-state index in [1.807, 2.05) is 0 Å². The summed E-state index contributed by atoms with van der Waals surface area (Å²) in [4.78, 5) is 0. The minimum Gasteiger partial charge on any atom is -0.384 e. The van der Waals surface area contributed by atoms with Crippen LogP contribution in [0.2, 0.25) is 5.02 Å². The molecule has 0 radical (unpaired) electrons. The van der Waals surface area contributed by atoms with Crippen molar-refractivity contribution in [2.75, 3.05) is 22.8 Å². The molecule has 0 aliphatic heterocycles. The summed E-state index contributed by atoms with van der Waals surface area (Å²) in [5, 5.41) is 3.80. The van der Waals surface area contributed by atoms with Crippen LogP contribution in [0.4, 0.5) is 11.4 Å². The average molecular weight is 291 g/mol. The fourth-order valence-corrected chi connectivity index (χ4v) is 2.28. The van der Waals surface area contributed by atoms with Crippen molar-refractivity contribution < 1.29 is 8.42 Å². The van der Waals surface area contributed by atoms with Crippen molar-refractivity contribution in [3.05, 3.63) is 23.2 Å². The Kier molecular flexibility index (Phi) is 5.75. The standard InChI is InChI=1S/C12H19ClN2O2S/c1-3-4-5-8-14-12-9-10(6-7-11(12)13)15-18(2,16)17/h6-7,9,14-15H,3-5,8H2,1-2H3. The molecule has 0 bridgehead atoms. The van der Waals surface area contributed by atoms with Crippen molar-refractivity contribution in [3.63, 3.8) is 0 Å². The Morgan fingerprint density at radius 1 is 1.28 bits per heavy atom. The number of benzene rings is 1. The quantitative estimate of drug-likeness (QED) is 0.758. The summed E-state index contributed by atoms with van der Waals surface area (Å²) in [6, 6.07) is 5.02. The largest absolute Gasteiger partial charge is 0.384 e. The van der Waals surface area contributed by atoms with Crippen molar-refractivity contribution in [3.8, 4) is 0 Å². The van der Waals surface area contributed by atoms with Gasteiger partial charge in [0.1, 0.15) is 0 Å². The molecule has 0 saturated carbocycles. The van der Waals surface area contributed by atoms with E-state index in [0.29, 0.717) is 10.7 Å². The van der Waals surface area contributed by atoms with Gasteiger partial charge in [-0.3, -0.25) is 4.72 Å². The topological polar surface area (TPSA) is 58.2 Å². The summed E-state index contributed by atoms with van der Waals surface area (Å²) in [6.07, 6.45) is 4.50. The number of halogens is 1. The molecule has 0 atom stereocenters. The second kappa shape index (κ2) is 6.85. The van der Waals surface area contributed by atoms with Crippen LogP contribution < -0.4 is 10.0 Å². The van der Waals surface area contributed by atoms with Crippen LogP contribution in [0.5, 0.6) is 0 Å². The number of sulfonamides is 1. The Morgan fingerprint density at radius 2 is 2.00 bits per heavy atom. The third kappa shape index (κ3) is 5.60. The molecule has 0 heterocycles. The minimum atomic E-state index is -3.26. The van der Waals surface area contributed by atoms with Gasteiger partial charge in [-0.25, -0.2) is 8.42 Å². The van der Waals surface area contributed by atoms with E-state index < -0.39 is 10.0 Å². The second-order valence-electron chi connectivity index (χ2n) is 4.20. The van der Waals surface area contributed by atoms with Crippen LogP contribution >= 0.6 is 11.6 Å².